The van der Waals surface area contributed by atoms with E-state index in [1.807, 2.05) is 24.3 Å². The highest BCUT2D eigenvalue weighted by Gasteiger charge is 2.21. The molecule has 150 valence electrons. The van der Waals surface area contributed by atoms with Gasteiger partial charge in [-0.25, -0.2) is 0 Å². The summed E-state index contributed by atoms with van der Waals surface area (Å²) in [6.07, 6.45) is 0. The lowest BCUT2D eigenvalue weighted by Crippen LogP contribution is -2.22. The van der Waals surface area contributed by atoms with Crippen molar-refractivity contribution in [1.29, 1.82) is 0 Å². The zero-order valence-corrected chi connectivity index (χ0v) is 17.1. The molecule has 1 atom stereocenters. The molecule has 0 aliphatic rings. The summed E-state index contributed by atoms with van der Waals surface area (Å²) in [5, 5.41) is 25.0. The van der Waals surface area contributed by atoms with Gasteiger partial charge in [-0.15, -0.1) is 10.2 Å². The minimum atomic E-state index is -0.532. The standard InChI is InChI=1S/C18H17N5O4S2/c1-11(16(24)20-14-5-3-4-6-15(14)23(25)26)28-18-22-21-17(29-18)19-12-7-9-13(27-2)10-8-12/h3-11H,1-2H3,(H,19,21)(H,20,24). The smallest absolute Gasteiger partial charge is 0.292 e. The molecule has 0 bridgehead atoms. The maximum atomic E-state index is 12.4. The number of anilines is 3. The number of amides is 1. The summed E-state index contributed by atoms with van der Waals surface area (Å²) in [4.78, 5) is 23.0. The van der Waals surface area contributed by atoms with Crippen LogP contribution in [0, 0.1) is 10.1 Å². The van der Waals surface area contributed by atoms with Gasteiger partial charge in [0.1, 0.15) is 11.4 Å². The molecule has 2 N–H and O–H groups in total. The summed E-state index contributed by atoms with van der Waals surface area (Å²) in [6, 6.07) is 13.4. The van der Waals surface area contributed by atoms with Gasteiger partial charge < -0.3 is 15.4 Å². The molecule has 3 aromatic rings. The van der Waals surface area contributed by atoms with E-state index in [1.54, 1.807) is 26.2 Å². The molecule has 1 heterocycles. The largest absolute Gasteiger partial charge is 0.497 e. The van der Waals surface area contributed by atoms with Crippen molar-refractivity contribution >= 4 is 51.2 Å². The van der Waals surface area contributed by atoms with E-state index in [0.717, 1.165) is 11.4 Å². The first-order valence-electron chi connectivity index (χ1n) is 8.42. The Hall–Kier alpha value is -3.18. The Kier molecular flexibility index (Phi) is 6.62. The number of aromatic nitrogens is 2. The SMILES string of the molecule is COc1ccc(Nc2nnc(SC(C)C(=O)Nc3ccccc3[N+](=O)[O-])s2)cc1. The predicted molar refractivity (Wildman–Crippen MR) is 113 cm³/mol. The zero-order chi connectivity index (χ0) is 20.8. The number of carbonyl (C=O) groups excluding carboxylic acids is 1. The monoisotopic (exact) mass is 431 g/mol. The number of methoxy groups -OCH3 is 1. The second kappa shape index (κ2) is 9.34. The van der Waals surface area contributed by atoms with Crippen molar-refractivity contribution in [2.24, 2.45) is 0 Å². The van der Waals surface area contributed by atoms with Crippen LogP contribution in [0.1, 0.15) is 6.92 Å². The van der Waals surface area contributed by atoms with Gasteiger partial charge in [0.05, 0.1) is 17.3 Å². The Labute approximate surface area is 174 Å². The molecule has 1 unspecified atom stereocenters. The normalized spacial score (nSPS) is 11.5. The molecule has 3 rings (SSSR count). The van der Waals surface area contributed by atoms with E-state index >= 15 is 0 Å². The summed E-state index contributed by atoms with van der Waals surface area (Å²) in [5.74, 6) is 0.395. The highest BCUT2D eigenvalue weighted by atomic mass is 32.2. The van der Waals surface area contributed by atoms with E-state index in [-0.39, 0.29) is 17.3 Å². The summed E-state index contributed by atoms with van der Waals surface area (Å²) in [5.41, 5.74) is 0.842. The quantitative estimate of drug-likeness (QED) is 0.307. The molecule has 0 saturated carbocycles. The third kappa shape index (κ3) is 5.42. The first-order chi connectivity index (χ1) is 14.0. The van der Waals surface area contributed by atoms with Gasteiger partial charge in [0.2, 0.25) is 11.0 Å². The van der Waals surface area contributed by atoms with Crippen LogP contribution in [0.25, 0.3) is 0 Å². The van der Waals surface area contributed by atoms with Crippen LogP contribution in [0.4, 0.5) is 22.2 Å². The van der Waals surface area contributed by atoms with E-state index < -0.39 is 10.2 Å². The number of carbonyl (C=O) groups is 1. The van der Waals surface area contributed by atoms with Crippen LogP contribution >= 0.6 is 23.1 Å². The third-order valence-electron chi connectivity index (χ3n) is 3.75. The second-order valence-electron chi connectivity index (χ2n) is 5.75. The first kappa shape index (κ1) is 20.6. The summed E-state index contributed by atoms with van der Waals surface area (Å²) < 4.78 is 5.72. The molecular weight excluding hydrogens is 414 g/mol. The van der Waals surface area contributed by atoms with Gasteiger partial charge in [-0.1, -0.05) is 35.2 Å². The first-order valence-corrected chi connectivity index (χ1v) is 10.1. The number of hydrogen-bond donors (Lipinski definition) is 2. The summed E-state index contributed by atoms with van der Waals surface area (Å²) in [7, 11) is 1.60. The number of nitrogens with one attached hydrogen (secondary N) is 2. The number of nitrogens with zero attached hydrogens (tertiary/aromatic N) is 3. The van der Waals surface area contributed by atoms with E-state index in [4.69, 9.17) is 4.74 Å². The van der Waals surface area contributed by atoms with Crippen LogP contribution < -0.4 is 15.4 Å². The number of hydrogen-bond acceptors (Lipinski definition) is 9. The average molecular weight is 431 g/mol. The highest BCUT2D eigenvalue weighted by molar-refractivity contribution is 8.02. The van der Waals surface area contributed by atoms with Gasteiger partial charge in [-0.05, 0) is 37.3 Å². The molecule has 0 fully saturated rings. The lowest BCUT2D eigenvalue weighted by Gasteiger charge is -2.10. The molecule has 0 saturated heterocycles. The van der Waals surface area contributed by atoms with Gasteiger partial charge >= 0.3 is 0 Å². The number of para-hydroxylation sites is 2. The minimum Gasteiger partial charge on any atom is -0.497 e. The number of benzene rings is 2. The predicted octanol–water partition coefficient (Wildman–Crippen LogP) is 4.32. The van der Waals surface area contributed by atoms with Crippen molar-refractivity contribution in [2.75, 3.05) is 17.7 Å². The van der Waals surface area contributed by atoms with Crippen LogP contribution in [0.3, 0.4) is 0 Å². The highest BCUT2D eigenvalue weighted by Crippen LogP contribution is 2.32. The number of ether oxygens (including phenoxy) is 1. The maximum absolute atomic E-state index is 12.4. The molecule has 0 aliphatic carbocycles. The summed E-state index contributed by atoms with van der Waals surface area (Å²) >= 11 is 2.53. The molecule has 29 heavy (non-hydrogen) atoms. The van der Waals surface area contributed by atoms with E-state index in [2.05, 4.69) is 20.8 Å². The van der Waals surface area contributed by atoms with E-state index in [0.29, 0.717) is 9.47 Å². The third-order valence-corrected chi connectivity index (χ3v) is 5.78. The molecule has 0 radical (unpaired) electrons. The van der Waals surface area contributed by atoms with E-state index in [9.17, 15) is 14.9 Å². The summed E-state index contributed by atoms with van der Waals surface area (Å²) in [6.45, 7) is 1.70. The minimum absolute atomic E-state index is 0.153. The molecular formula is C18H17N5O4S2. The molecule has 11 heteroatoms. The fourth-order valence-corrected chi connectivity index (χ4v) is 4.20. The second-order valence-corrected chi connectivity index (χ2v) is 8.32. The van der Waals surface area contributed by atoms with Crippen molar-refractivity contribution in [3.63, 3.8) is 0 Å². The lowest BCUT2D eigenvalue weighted by atomic mass is 10.2. The van der Waals surface area contributed by atoms with Crippen LogP contribution in [0.5, 0.6) is 5.75 Å². The van der Waals surface area contributed by atoms with Gasteiger partial charge in [-0.3, -0.25) is 14.9 Å². The number of thioether (sulfide) groups is 1. The number of nitro groups is 1. The Morgan fingerprint density at radius 1 is 1.21 bits per heavy atom. The zero-order valence-electron chi connectivity index (χ0n) is 15.5. The Morgan fingerprint density at radius 2 is 1.93 bits per heavy atom. The van der Waals surface area contributed by atoms with Gasteiger partial charge in [0.25, 0.3) is 5.69 Å². The van der Waals surface area contributed by atoms with Crippen LogP contribution in [0.2, 0.25) is 0 Å². The average Bonchev–Trinajstić information content (AvgIpc) is 3.15. The van der Waals surface area contributed by atoms with Gasteiger partial charge in [-0.2, -0.15) is 0 Å². The van der Waals surface area contributed by atoms with Crippen molar-refractivity contribution < 1.29 is 14.5 Å². The Morgan fingerprint density at radius 3 is 2.62 bits per heavy atom. The van der Waals surface area contributed by atoms with Crippen molar-refractivity contribution in [2.45, 2.75) is 16.5 Å². The van der Waals surface area contributed by atoms with Gasteiger partial charge in [0.15, 0.2) is 4.34 Å². The lowest BCUT2D eigenvalue weighted by molar-refractivity contribution is -0.383. The number of rotatable bonds is 8. The van der Waals surface area contributed by atoms with Crippen molar-refractivity contribution in [1.82, 2.24) is 10.2 Å². The van der Waals surface area contributed by atoms with Crippen LogP contribution in [-0.4, -0.2) is 33.4 Å². The maximum Gasteiger partial charge on any atom is 0.292 e. The van der Waals surface area contributed by atoms with Gasteiger partial charge in [0, 0.05) is 11.8 Å². The molecule has 2 aromatic carbocycles. The molecule has 1 amide bonds. The fraction of sp³-hybridized carbons (Fsp3) is 0.167. The topological polar surface area (TPSA) is 119 Å². The van der Waals surface area contributed by atoms with Crippen molar-refractivity contribution in [3.8, 4) is 5.75 Å². The van der Waals surface area contributed by atoms with Crippen LogP contribution in [-0.2, 0) is 4.79 Å². The molecule has 0 spiro atoms. The molecule has 9 nitrogen and oxygen atoms in total. The number of nitro benzene ring substituents is 1. The van der Waals surface area contributed by atoms with E-state index in [1.165, 1.54) is 35.2 Å². The Bertz CT molecular complexity index is 1010. The van der Waals surface area contributed by atoms with Crippen molar-refractivity contribution in [3.05, 3.63) is 58.6 Å². The fourth-order valence-electron chi connectivity index (χ4n) is 2.28. The van der Waals surface area contributed by atoms with Crippen LogP contribution in [0.15, 0.2) is 52.9 Å². The Balaban J connectivity index is 1.60. The molecule has 1 aromatic heterocycles. The molecule has 0 aliphatic heterocycles.